The molecule has 1 atom stereocenters. The van der Waals surface area contributed by atoms with E-state index in [1.807, 2.05) is 54.7 Å². The molecule has 0 saturated heterocycles. The number of hydrogen-bond donors (Lipinski definition) is 1. The molecule has 5 nitrogen and oxygen atoms in total. The van der Waals surface area contributed by atoms with Gasteiger partial charge in [0.25, 0.3) is 0 Å². The van der Waals surface area contributed by atoms with Gasteiger partial charge in [-0.3, -0.25) is 4.72 Å². The Kier molecular flexibility index (Phi) is 5.74. The van der Waals surface area contributed by atoms with Crippen molar-refractivity contribution < 1.29 is 8.42 Å². The molecular formula is C22H22ClN3O2S. The molecule has 0 bridgehead atoms. The molecule has 1 unspecified atom stereocenters. The van der Waals surface area contributed by atoms with Crippen molar-refractivity contribution in [3.8, 4) is 6.07 Å². The SMILES string of the molecule is CCC(C=C(C)C#N)(c1ccc(Cl)cc1)n1ccc2c(NS(C)(=O)=O)cccc21. The number of fused-ring (bicyclic) bond motifs is 1. The normalized spacial score (nSPS) is 14.4. The Balaban J connectivity index is 2.32. The second kappa shape index (κ2) is 7.94. The summed E-state index contributed by atoms with van der Waals surface area (Å²) in [6.45, 7) is 3.84. The van der Waals surface area contributed by atoms with Crippen molar-refractivity contribution in [2.75, 3.05) is 11.0 Å². The number of anilines is 1. The Labute approximate surface area is 176 Å². The number of aromatic nitrogens is 1. The molecule has 0 radical (unpaired) electrons. The van der Waals surface area contributed by atoms with Crippen LogP contribution in [0.5, 0.6) is 0 Å². The molecule has 0 amide bonds. The van der Waals surface area contributed by atoms with Crippen molar-refractivity contribution in [1.82, 2.24) is 4.57 Å². The molecule has 2 aromatic carbocycles. The van der Waals surface area contributed by atoms with Crippen LogP contribution in [0, 0.1) is 11.3 Å². The Morgan fingerprint density at radius 2 is 1.93 bits per heavy atom. The van der Waals surface area contributed by atoms with E-state index >= 15 is 0 Å². The summed E-state index contributed by atoms with van der Waals surface area (Å²) in [6.07, 6.45) is 5.69. The standard InChI is InChI=1S/C22H22ClN3O2S/c1-4-22(14-16(2)15-24,17-8-10-18(23)11-9-17)26-13-12-19-20(25-29(3,27)28)6-5-7-21(19)26/h5-14,25H,4H2,1-3H3. The lowest BCUT2D eigenvalue weighted by atomic mass is 9.85. The molecule has 0 aliphatic carbocycles. The third-order valence-electron chi connectivity index (χ3n) is 4.97. The predicted molar refractivity (Wildman–Crippen MR) is 119 cm³/mol. The van der Waals surface area contributed by atoms with Gasteiger partial charge in [-0.15, -0.1) is 0 Å². The van der Waals surface area contributed by atoms with E-state index < -0.39 is 15.6 Å². The van der Waals surface area contributed by atoms with Crippen LogP contribution in [-0.2, 0) is 15.6 Å². The van der Waals surface area contributed by atoms with Crippen molar-refractivity contribution in [2.45, 2.75) is 25.8 Å². The molecule has 7 heteroatoms. The highest BCUT2D eigenvalue weighted by atomic mass is 35.5. The summed E-state index contributed by atoms with van der Waals surface area (Å²) in [5.41, 5.74) is 2.32. The third kappa shape index (κ3) is 4.16. The maximum atomic E-state index is 11.8. The van der Waals surface area contributed by atoms with Gasteiger partial charge in [-0.2, -0.15) is 5.26 Å². The van der Waals surface area contributed by atoms with Crippen LogP contribution < -0.4 is 4.72 Å². The third-order valence-corrected chi connectivity index (χ3v) is 5.82. The minimum Gasteiger partial charge on any atom is -0.334 e. The van der Waals surface area contributed by atoms with E-state index in [0.717, 1.165) is 22.7 Å². The first-order chi connectivity index (χ1) is 13.7. The number of hydrogen-bond acceptors (Lipinski definition) is 3. The molecule has 1 aromatic heterocycles. The molecule has 3 rings (SSSR count). The van der Waals surface area contributed by atoms with Crippen LogP contribution in [0.1, 0.15) is 25.8 Å². The van der Waals surface area contributed by atoms with E-state index in [1.54, 1.807) is 13.0 Å². The summed E-state index contributed by atoms with van der Waals surface area (Å²) >= 11 is 6.10. The zero-order chi connectivity index (χ0) is 21.2. The lowest BCUT2D eigenvalue weighted by Gasteiger charge is -2.34. The molecule has 0 aliphatic rings. The molecule has 0 saturated carbocycles. The van der Waals surface area contributed by atoms with Crippen LogP contribution in [0.15, 0.2) is 66.4 Å². The molecule has 150 valence electrons. The fourth-order valence-corrected chi connectivity index (χ4v) is 4.41. The fourth-order valence-electron chi connectivity index (χ4n) is 3.70. The Hall–Kier alpha value is -2.75. The minimum absolute atomic E-state index is 0.519. The molecule has 29 heavy (non-hydrogen) atoms. The Bertz CT molecular complexity index is 1220. The summed E-state index contributed by atoms with van der Waals surface area (Å²) < 4.78 is 28.2. The largest absolute Gasteiger partial charge is 0.334 e. The van der Waals surface area contributed by atoms with Gasteiger partial charge >= 0.3 is 0 Å². The van der Waals surface area contributed by atoms with E-state index in [1.165, 1.54) is 0 Å². The smallest absolute Gasteiger partial charge is 0.229 e. The van der Waals surface area contributed by atoms with Crippen molar-refractivity contribution >= 4 is 38.2 Å². The van der Waals surface area contributed by atoms with E-state index in [-0.39, 0.29) is 0 Å². The molecular weight excluding hydrogens is 406 g/mol. The summed E-state index contributed by atoms with van der Waals surface area (Å²) in [5, 5.41) is 10.9. The van der Waals surface area contributed by atoms with Gasteiger partial charge in [0.05, 0.1) is 29.1 Å². The second-order valence-electron chi connectivity index (χ2n) is 7.02. The average Bonchev–Trinajstić information content (AvgIpc) is 3.11. The van der Waals surface area contributed by atoms with Gasteiger partial charge in [0, 0.05) is 22.2 Å². The maximum absolute atomic E-state index is 11.8. The minimum atomic E-state index is -3.41. The van der Waals surface area contributed by atoms with E-state index in [9.17, 15) is 13.7 Å². The van der Waals surface area contributed by atoms with Gasteiger partial charge in [-0.1, -0.05) is 36.7 Å². The monoisotopic (exact) mass is 427 g/mol. The molecule has 3 aromatic rings. The van der Waals surface area contributed by atoms with Gasteiger partial charge in [0.15, 0.2) is 0 Å². The molecule has 1 heterocycles. The predicted octanol–water partition coefficient (Wildman–Crippen LogP) is 5.29. The zero-order valence-corrected chi connectivity index (χ0v) is 18.1. The number of allylic oxidation sites excluding steroid dienone is 2. The van der Waals surface area contributed by atoms with Crippen LogP contribution >= 0.6 is 11.6 Å². The topological polar surface area (TPSA) is 74.9 Å². The van der Waals surface area contributed by atoms with Crippen LogP contribution in [0.3, 0.4) is 0 Å². The summed E-state index contributed by atoms with van der Waals surface area (Å²) in [6, 6.07) is 17.2. The Morgan fingerprint density at radius 1 is 1.24 bits per heavy atom. The number of benzene rings is 2. The number of nitrogens with zero attached hydrogens (tertiary/aromatic N) is 2. The van der Waals surface area contributed by atoms with Gasteiger partial charge < -0.3 is 4.57 Å². The average molecular weight is 428 g/mol. The maximum Gasteiger partial charge on any atom is 0.229 e. The first-order valence-corrected chi connectivity index (χ1v) is 11.4. The van der Waals surface area contributed by atoms with Crippen LogP contribution in [-0.4, -0.2) is 19.2 Å². The zero-order valence-electron chi connectivity index (χ0n) is 16.5. The lowest BCUT2D eigenvalue weighted by molar-refractivity contribution is 0.445. The Morgan fingerprint density at radius 3 is 2.52 bits per heavy atom. The van der Waals surface area contributed by atoms with Crippen molar-refractivity contribution in [3.05, 3.63) is 77.0 Å². The van der Waals surface area contributed by atoms with E-state index in [2.05, 4.69) is 22.3 Å². The quantitative estimate of drug-likeness (QED) is 0.543. The van der Waals surface area contributed by atoms with Crippen LogP contribution in [0.25, 0.3) is 10.9 Å². The number of halogens is 1. The first kappa shape index (κ1) is 21.0. The van der Waals surface area contributed by atoms with Crippen LogP contribution in [0.4, 0.5) is 5.69 Å². The highest BCUT2D eigenvalue weighted by molar-refractivity contribution is 7.92. The van der Waals surface area contributed by atoms with Gasteiger partial charge in [0.1, 0.15) is 0 Å². The second-order valence-corrected chi connectivity index (χ2v) is 9.21. The number of nitrogens with one attached hydrogen (secondary N) is 1. The summed E-state index contributed by atoms with van der Waals surface area (Å²) in [7, 11) is -3.41. The van der Waals surface area contributed by atoms with Gasteiger partial charge in [-0.05, 0) is 55.3 Å². The summed E-state index contributed by atoms with van der Waals surface area (Å²) in [5.74, 6) is 0. The van der Waals surface area contributed by atoms with Gasteiger partial charge in [-0.25, -0.2) is 8.42 Å². The van der Waals surface area contributed by atoms with Crippen LogP contribution in [0.2, 0.25) is 5.02 Å². The molecule has 0 spiro atoms. The molecule has 0 aliphatic heterocycles. The van der Waals surface area contributed by atoms with Gasteiger partial charge in [0.2, 0.25) is 10.0 Å². The summed E-state index contributed by atoms with van der Waals surface area (Å²) in [4.78, 5) is 0. The van der Waals surface area contributed by atoms with E-state index in [0.29, 0.717) is 22.7 Å². The number of rotatable bonds is 6. The van der Waals surface area contributed by atoms with Crippen molar-refractivity contribution in [3.63, 3.8) is 0 Å². The van der Waals surface area contributed by atoms with E-state index in [4.69, 9.17) is 11.6 Å². The number of sulfonamides is 1. The highest BCUT2D eigenvalue weighted by Crippen LogP contribution is 2.38. The fraction of sp³-hybridized carbons (Fsp3) is 0.227. The number of nitriles is 1. The lowest BCUT2D eigenvalue weighted by Crippen LogP contribution is -2.32. The molecule has 0 fully saturated rings. The highest BCUT2D eigenvalue weighted by Gasteiger charge is 2.31. The molecule has 1 N–H and O–H groups in total. The van der Waals surface area contributed by atoms with Crippen molar-refractivity contribution in [2.24, 2.45) is 0 Å². The van der Waals surface area contributed by atoms with Crippen molar-refractivity contribution in [1.29, 1.82) is 5.26 Å². The first-order valence-electron chi connectivity index (χ1n) is 9.14.